The number of nitrogens with zero attached hydrogens (tertiary/aromatic N) is 2. The molecule has 0 saturated heterocycles. The van der Waals surface area contributed by atoms with Gasteiger partial charge < -0.3 is 21.5 Å². The molecule has 94 valence electrons. The maximum atomic E-state index is 11.3. The molecule has 0 atom stereocenters. The molecule has 6 heteroatoms. The number of aromatic nitrogens is 1. The van der Waals surface area contributed by atoms with Gasteiger partial charge in [-0.05, 0) is 19.9 Å². The molecule has 1 aromatic heterocycles. The van der Waals surface area contributed by atoms with Crippen LogP contribution >= 0.6 is 0 Å². The maximum absolute atomic E-state index is 11.3. The van der Waals surface area contributed by atoms with Crippen molar-refractivity contribution in [2.24, 2.45) is 5.73 Å². The summed E-state index contributed by atoms with van der Waals surface area (Å²) in [6.45, 7) is 3.67. The molecule has 1 heterocycles. The second-order valence-corrected chi connectivity index (χ2v) is 4.67. The highest BCUT2D eigenvalue weighted by Crippen LogP contribution is 2.20. The van der Waals surface area contributed by atoms with Crippen molar-refractivity contribution in [3.05, 3.63) is 17.8 Å². The van der Waals surface area contributed by atoms with Crippen LogP contribution in [0.3, 0.4) is 0 Å². The molecular formula is C11H18N4O2. The number of carbonyl (C=O) groups is 1. The standard InChI is InChI=1S/C11H18N4O2/c1-11(2,17)6-15(3)10-8(9(13)16)4-7(12)5-14-10/h4-5,17H,6,12H2,1-3H3,(H2,13,16). The average molecular weight is 238 g/mol. The van der Waals surface area contributed by atoms with E-state index in [0.29, 0.717) is 18.1 Å². The zero-order chi connectivity index (χ0) is 13.2. The van der Waals surface area contributed by atoms with Crippen molar-refractivity contribution in [2.45, 2.75) is 19.4 Å². The summed E-state index contributed by atoms with van der Waals surface area (Å²) in [6, 6.07) is 1.48. The van der Waals surface area contributed by atoms with Crippen molar-refractivity contribution in [3.8, 4) is 0 Å². The fraction of sp³-hybridized carbons (Fsp3) is 0.455. The smallest absolute Gasteiger partial charge is 0.252 e. The Morgan fingerprint density at radius 2 is 2.18 bits per heavy atom. The lowest BCUT2D eigenvalue weighted by Gasteiger charge is -2.27. The molecule has 0 bridgehead atoms. The van der Waals surface area contributed by atoms with Crippen molar-refractivity contribution >= 4 is 17.4 Å². The first kappa shape index (κ1) is 13.2. The molecule has 1 amide bonds. The molecule has 0 aliphatic carbocycles. The summed E-state index contributed by atoms with van der Waals surface area (Å²) in [5.41, 5.74) is 10.5. The summed E-state index contributed by atoms with van der Waals surface area (Å²) in [4.78, 5) is 17.0. The Hall–Kier alpha value is -1.82. The first-order valence-electron chi connectivity index (χ1n) is 5.19. The highest BCUT2D eigenvalue weighted by molar-refractivity contribution is 5.98. The lowest BCUT2D eigenvalue weighted by molar-refractivity contribution is 0.0880. The van der Waals surface area contributed by atoms with Crippen LogP contribution in [0.1, 0.15) is 24.2 Å². The number of aliphatic hydroxyl groups is 1. The molecule has 0 unspecified atom stereocenters. The maximum Gasteiger partial charge on any atom is 0.252 e. The lowest BCUT2D eigenvalue weighted by Crippen LogP contribution is -2.37. The van der Waals surface area contributed by atoms with Gasteiger partial charge >= 0.3 is 0 Å². The predicted molar refractivity (Wildman–Crippen MR) is 66.7 cm³/mol. The molecule has 6 nitrogen and oxygen atoms in total. The molecule has 0 aromatic carbocycles. The number of pyridine rings is 1. The van der Waals surface area contributed by atoms with Crippen molar-refractivity contribution in [2.75, 3.05) is 24.2 Å². The van der Waals surface area contributed by atoms with Crippen LogP contribution in [0.25, 0.3) is 0 Å². The summed E-state index contributed by atoms with van der Waals surface area (Å²) in [5.74, 6) is -0.184. The fourth-order valence-electron chi connectivity index (χ4n) is 1.61. The van der Waals surface area contributed by atoms with Crippen LogP contribution in [0.5, 0.6) is 0 Å². The number of carbonyl (C=O) groups excluding carboxylic acids is 1. The van der Waals surface area contributed by atoms with E-state index in [9.17, 15) is 9.90 Å². The van der Waals surface area contributed by atoms with Gasteiger partial charge in [0.25, 0.3) is 5.91 Å². The first-order chi connectivity index (χ1) is 7.70. The molecule has 5 N–H and O–H groups in total. The minimum Gasteiger partial charge on any atom is -0.397 e. The number of anilines is 2. The molecule has 0 fully saturated rings. The minimum absolute atomic E-state index is 0.247. The Labute approximate surface area is 100 Å². The van der Waals surface area contributed by atoms with E-state index in [1.54, 1.807) is 25.8 Å². The van der Waals surface area contributed by atoms with Crippen LogP contribution in [0.4, 0.5) is 11.5 Å². The van der Waals surface area contributed by atoms with E-state index < -0.39 is 11.5 Å². The molecule has 17 heavy (non-hydrogen) atoms. The number of rotatable bonds is 4. The lowest BCUT2D eigenvalue weighted by atomic mass is 10.1. The molecule has 0 radical (unpaired) electrons. The highest BCUT2D eigenvalue weighted by Gasteiger charge is 2.20. The van der Waals surface area contributed by atoms with Crippen LogP contribution in [0, 0.1) is 0 Å². The van der Waals surface area contributed by atoms with E-state index in [1.807, 2.05) is 0 Å². The third-order valence-corrected chi connectivity index (χ3v) is 2.14. The fourth-order valence-corrected chi connectivity index (χ4v) is 1.61. The van der Waals surface area contributed by atoms with Gasteiger partial charge in [-0.15, -0.1) is 0 Å². The van der Waals surface area contributed by atoms with Gasteiger partial charge in [0.15, 0.2) is 0 Å². The van der Waals surface area contributed by atoms with E-state index in [1.165, 1.54) is 12.3 Å². The second-order valence-electron chi connectivity index (χ2n) is 4.67. The summed E-state index contributed by atoms with van der Waals surface area (Å²) >= 11 is 0. The number of likely N-dealkylation sites (N-methyl/N-ethyl adjacent to an activating group) is 1. The van der Waals surface area contributed by atoms with Crippen LogP contribution in [-0.4, -0.2) is 35.2 Å². The third-order valence-electron chi connectivity index (χ3n) is 2.14. The zero-order valence-corrected chi connectivity index (χ0v) is 10.3. The number of hydrogen-bond donors (Lipinski definition) is 3. The largest absolute Gasteiger partial charge is 0.397 e. The summed E-state index contributed by atoms with van der Waals surface area (Å²) in [7, 11) is 1.73. The van der Waals surface area contributed by atoms with Gasteiger partial charge in [0, 0.05) is 13.6 Å². The Kier molecular flexibility index (Phi) is 3.57. The van der Waals surface area contributed by atoms with E-state index in [0.717, 1.165) is 0 Å². The monoisotopic (exact) mass is 238 g/mol. The van der Waals surface area contributed by atoms with Gasteiger partial charge in [-0.3, -0.25) is 4.79 Å². The Bertz CT molecular complexity index is 426. The summed E-state index contributed by atoms with van der Waals surface area (Å²) < 4.78 is 0. The predicted octanol–water partition coefficient (Wildman–Crippen LogP) is -0.0302. The van der Waals surface area contributed by atoms with Gasteiger partial charge in [0.2, 0.25) is 0 Å². The summed E-state index contributed by atoms with van der Waals surface area (Å²) in [6.07, 6.45) is 1.45. The van der Waals surface area contributed by atoms with Crippen LogP contribution < -0.4 is 16.4 Å². The molecule has 1 aromatic rings. The topological polar surface area (TPSA) is 105 Å². The SMILES string of the molecule is CN(CC(C)(C)O)c1ncc(N)cc1C(N)=O. The normalized spacial score (nSPS) is 11.3. The van der Waals surface area contributed by atoms with E-state index >= 15 is 0 Å². The van der Waals surface area contributed by atoms with Crippen LogP contribution in [0.15, 0.2) is 12.3 Å². The minimum atomic E-state index is -0.896. The van der Waals surface area contributed by atoms with E-state index in [4.69, 9.17) is 11.5 Å². The highest BCUT2D eigenvalue weighted by atomic mass is 16.3. The molecule has 0 aliphatic heterocycles. The van der Waals surface area contributed by atoms with Gasteiger partial charge in [-0.1, -0.05) is 0 Å². The molecule has 0 saturated carbocycles. The third kappa shape index (κ3) is 3.60. The molecule has 1 rings (SSSR count). The van der Waals surface area contributed by atoms with Crippen molar-refractivity contribution < 1.29 is 9.90 Å². The van der Waals surface area contributed by atoms with E-state index in [2.05, 4.69) is 4.98 Å². The van der Waals surface area contributed by atoms with Gasteiger partial charge in [0.1, 0.15) is 5.82 Å². The van der Waals surface area contributed by atoms with Crippen molar-refractivity contribution in [1.29, 1.82) is 0 Å². The van der Waals surface area contributed by atoms with Crippen LogP contribution in [0.2, 0.25) is 0 Å². The molecular weight excluding hydrogens is 220 g/mol. The van der Waals surface area contributed by atoms with Crippen molar-refractivity contribution in [1.82, 2.24) is 4.98 Å². The van der Waals surface area contributed by atoms with Gasteiger partial charge in [-0.2, -0.15) is 0 Å². The first-order valence-corrected chi connectivity index (χ1v) is 5.19. The Balaban J connectivity index is 3.09. The average Bonchev–Trinajstić information content (AvgIpc) is 2.14. The molecule has 0 spiro atoms. The number of nitrogens with two attached hydrogens (primary N) is 2. The van der Waals surface area contributed by atoms with E-state index in [-0.39, 0.29) is 5.56 Å². The second kappa shape index (κ2) is 4.58. The molecule has 0 aliphatic rings. The quantitative estimate of drug-likeness (QED) is 0.683. The number of amides is 1. The Morgan fingerprint density at radius 1 is 1.59 bits per heavy atom. The Morgan fingerprint density at radius 3 is 2.65 bits per heavy atom. The van der Waals surface area contributed by atoms with Gasteiger partial charge in [-0.25, -0.2) is 4.98 Å². The number of primary amides is 1. The number of hydrogen-bond acceptors (Lipinski definition) is 5. The summed E-state index contributed by atoms with van der Waals surface area (Å²) in [5, 5.41) is 9.72. The van der Waals surface area contributed by atoms with Crippen molar-refractivity contribution in [3.63, 3.8) is 0 Å². The zero-order valence-electron chi connectivity index (χ0n) is 10.3. The van der Waals surface area contributed by atoms with Crippen LogP contribution in [-0.2, 0) is 0 Å². The number of nitrogen functional groups attached to an aromatic ring is 1. The van der Waals surface area contributed by atoms with Gasteiger partial charge in [0.05, 0.1) is 23.0 Å².